The van der Waals surface area contributed by atoms with Crippen molar-refractivity contribution in [2.24, 2.45) is 7.05 Å². The molecule has 21 heavy (non-hydrogen) atoms. The summed E-state index contributed by atoms with van der Waals surface area (Å²) in [4.78, 5) is 4.44. The predicted molar refractivity (Wildman–Crippen MR) is 74.9 cm³/mol. The van der Waals surface area contributed by atoms with Crippen LogP contribution in [-0.2, 0) is 30.0 Å². The number of rotatable bonds is 4. The summed E-state index contributed by atoms with van der Waals surface area (Å²) < 4.78 is 30.7. The number of hydrogen-bond acceptors (Lipinski definition) is 5. The van der Waals surface area contributed by atoms with Gasteiger partial charge < -0.3 is 0 Å². The van der Waals surface area contributed by atoms with Crippen LogP contribution in [0, 0.1) is 0 Å². The molecule has 114 valence electrons. The maximum Gasteiger partial charge on any atom is 0.258 e. The van der Waals surface area contributed by atoms with E-state index in [0.717, 1.165) is 31.6 Å². The zero-order chi connectivity index (χ0) is 15.0. The fourth-order valence-corrected chi connectivity index (χ4v) is 3.89. The van der Waals surface area contributed by atoms with Gasteiger partial charge in [0.15, 0.2) is 10.9 Å². The Bertz CT molecular complexity index is 748. The standard InChI is InChI=1S/C12H18N6O2S/c1-3-10-14-12-9(5-4-8-18(12)15-10)16-21(19,20)11-6-7-13-17(11)2/h6-7,9,16H,3-5,8H2,1-2H3. The molecule has 2 aromatic rings. The molecular formula is C12H18N6O2S. The van der Waals surface area contributed by atoms with Gasteiger partial charge in [-0.2, -0.15) is 14.9 Å². The van der Waals surface area contributed by atoms with Crippen molar-refractivity contribution in [3.63, 3.8) is 0 Å². The van der Waals surface area contributed by atoms with Crippen molar-refractivity contribution < 1.29 is 8.42 Å². The van der Waals surface area contributed by atoms with E-state index in [1.54, 1.807) is 11.7 Å². The van der Waals surface area contributed by atoms with Crippen molar-refractivity contribution in [2.45, 2.75) is 43.8 Å². The second kappa shape index (κ2) is 5.23. The Morgan fingerprint density at radius 2 is 2.29 bits per heavy atom. The lowest BCUT2D eigenvalue weighted by molar-refractivity contribution is 0.398. The monoisotopic (exact) mass is 310 g/mol. The van der Waals surface area contributed by atoms with Crippen molar-refractivity contribution >= 4 is 10.0 Å². The molecule has 1 N–H and O–H groups in total. The van der Waals surface area contributed by atoms with Gasteiger partial charge in [-0.25, -0.2) is 18.1 Å². The number of aromatic nitrogens is 5. The average molecular weight is 310 g/mol. The van der Waals surface area contributed by atoms with Crippen LogP contribution in [-0.4, -0.2) is 33.0 Å². The van der Waals surface area contributed by atoms with Crippen LogP contribution in [0.1, 0.15) is 37.5 Å². The van der Waals surface area contributed by atoms with Crippen LogP contribution in [0.4, 0.5) is 0 Å². The molecule has 0 saturated carbocycles. The van der Waals surface area contributed by atoms with E-state index in [4.69, 9.17) is 0 Å². The van der Waals surface area contributed by atoms with Crippen LogP contribution in [0.3, 0.4) is 0 Å². The maximum atomic E-state index is 12.4. The van der Waals surface area contributed by atoms with E-state index in [9.17, 15) is 8.42 Å². The second-order valence-electron chi connectivity index (χ2n) is 5.07. The second-order valence-corrected chi connectivity index (χ2v) is 6.73. The Morgan fingerprint density at radius 3 is 2.95 bits per heavy atom. The largest absolute Gasteiger partial charge is 0.258 e. The molecule has 2 aromatic heterocycles. The minimum Gasteiger partial charge on any atom is -0.256 e. The van der Waals surface area contributed by atoms with E-state index in [1.165, 1.54) is 16.9 Å². The Labute approximate surface area is 123 Å². The van der Waals surface area contributed by atoms with Crippen LogP contribution in [0.2, 0.25) is 0 Å². The van der Waals surface area contributed by atoms with E-state index in [2.05, 4.69) is 19.9 Å². The third-order valence-corrected chi connectivity index (χ3v) is 5.13. The SMILES string of the molecule is CCc1nc2n(n1)CCCC2NS(=O)(=O)c1ccnn1C. The summed E-state index contributed by atoms with van der Waals surface area (Å²) in [5.41, 5.74) is 0. The van der Waals surface area contributed by atoms with E-state index in [-0.39, 0.29) is 11.1 Å². The first kappa shape index (κ1) is 14.2. The summed E-state index contributed by atoms with van der Waals surface area (Å²) >= 11 is 0. The average Bonchev–Trinajstić information content (AvgIpc) is 3.04. The highest BCUT2D eigenvalue weighted by atomic mass is 32.2. The van der Waals surface area contributed by atoms with E-state index in [0.29, 0.717) is 5.82 Å². The van der Waals surface area contributed by atoms with Crippen LogP contribution in [0.5, 0.6) is 0 Å². The van der Waals surface area contributed by atoms with Crippen LogP contribution >= 0.6 is 0 Å². The smallest absolute Gasteiger partial charge is 0.256 e. The first-order valence-electron chi connectivity index (χ1n) is 6.95. The fraction of sp³-hybridized carbons (Fsp3) is 0.583. The van der Waals surface area contributed by atoms with Gasteiger partial charge >= 0.3 is 0 Å². The van der Waals surface area contributed by atoms with Gasteiger partial charge in [-0.05, 0) is 18.9 Å². The Balaban J connectivity index is 1.90. The van der Waals surface area contributed by atoms with Crippen molar-refractivity contribution in [3.8, 4) is 0 Å². The quantitative estimate of drug-likeness (QED) is 0.881. The van der Waals surface area contributed by atoms with Gasteiger partial charge in [0, 0.05) is 20.0 Å². The molecule has 1 aliphatic rings. The summed E-state index contributed by atoms with van der Waals surface area (Å²) in [6.07, 6.45) is 3.80. The molecule has 9 heteroatoms. The lowest BCUT2D eigenvalue weighted by atomic mass is 10.1. The van der Waals surface area contributed by atoms with E-state index >= 15 is 0 Å². The number of hydrogen-bond donors (Lipinski definition) is 1. The van der Waals surface area contributed by atoms with Gasteiger partial charge in [0.1, 0.15) is 5.82 Å². The molecular weight excluding hydrogens is 292 g/mol. The number of fused-ring (bicyclic) bond motifs is 1. The number of nitrogens with zero attached hydrogens (tertiary/aromatic N) is 5. The zero-order valence-corrected chi connectivity index (χ0v) is 12.8. The topological polar surface area (TPSA) is 94.7 Å². The summed E-state index contributed by atoms with van der Waals surface area (Å²) in [6, 6.07) is 1.14. The first-order valence-corrected chi connectivity index (χ1v) is 8.43. The predicted octanol–water partition coefficient (Wildman–Crippen LogP) is 0.387. The minimum absolute atomic E-state index is 0.148. The molecule has 0 aliphatic carbocycles. The molecule has 1 atom stereocenters. The van der Waals surface area contributed by atoms with Crippen LogP contribution < -0.4 is 4.72 Å². The summed E-state index contributed by atoms with van der Waals surface area (Å²) in [6.45, 7) is 2.77. The summed E-state index contributed by atoms with van der Waals surface area (Å²) in [5.74, 6) is 1.44. The normalized spacial score (nSPS) is 18.7. The molecule has 0 spiro atoms. The molecule has 3 rings (SSSR count). The van der Waals surface area contributed by atoms with Crippen molar-refractivity contribution in [1.29, 1.82) is 0 Å². The molecule has 8 nitrogen and oxygen atoms in total. The minimum atomic E-state index is -3.62. The third-order valence-electron chi connectivity index (χ3n) is 3.58. The van der Waals surface area contributed by atoms with Crippen LogP contribution in [0.25, 0.3) is 0 Å². The Morgan fingerprint density at radius 1 is 1.48 bits per heavy atom. The van der Waals surface area contributed by atoms with Gasteiger partial charge in [0.25, 0.3) is 10.0 Å². The van der Waals surface area contributed by atoms with Gasteiger partial charge in [-0.1, -0.05) is 6.92 Å². The highest BCUT2D eigenvalue weighted by Gasteiger charge is 2.29. The number of sulfonamides is 1. The number of aryl methyl sites for hydroxylation is 3. The molecule has 0 fully saturated rings. The first-order chi connectivity index (χ1) is 10.0. The maximum absolute atomic E-state index is 12.4. The van der Waals surface area contributed by atoms with E-state index in [1.807, 2.05) is 6.92 Å². The fourth-order valence-electron chi connectivity index (χ4n) is 2.53. The summed E-state index contributed by atoms with van der Waals surface area (Å²) in [5, 5.41) is 8.43. The van der Waals surface area contributed by atoms with Gasteiger partial charge in [-0.15, -0.1) is 0 Å². The highest BCUT2D eigenvalue weighted by Crippen LogP contribution is 2.25. The Kier molecular flexibility index (Phi) is 3.54. The summed E-state index contributed by atoms with van der Waals surface area (Å²) in [7, 11) is -2.01. The van der Waals surface area contributed by atoms with Gasteiger partial charge in [0.2, 0.25) is 0 Å². The van der Waals surface area contributed by atoms with Crippen molar-refractivity contribution in [1.82, 2.24) is 29.3 Å². The number of nitrogens with one attached hydrogen (secondary N) is 1. The van der Waals surface area contributed by atoms with Crippen molar-refractivity contribution in [2.75, 3.05) is 0 Å². The molecule has 0 radical (unpaired) electrons. The van der Waals surface area contributed by atoms with Gasteiger partial charge in [0.05, 0.1) is 12.2 Å². The Hall–Kier alpha value is -1.74. The molecule has 0 aromatic carbocycles. The third kappa shape index (κ3) is 2.58. The molecule has 1 aliphatic heterocycles. The zero-order valence-electron chi connectivity index (χ0n) is 12.0. The van der Waals surface area contributed by atoms with E-state index < -0.39 is 10.0 Å². The van der Waals surface area contributed by atoms with Gasteiger partial charge in [-0.3, -0.25) is 4.68 Å². The molecule has 1 unspecified atom stereocenters. The molecule has 3 heterocycles. The van der Waals surface area contributed by atoms with Crippen molar-refractivity contribution in [3.05, 3.63) is 23.9 Å². The molecule has 0 saturated heterocycles. The van der Waals surface area contributed by atoms with Crippen LogP contribution in [0.15, 0.2) is 17.3 Å². The molecule has 0 amide bonds. The highest BCUT2D eigenvalue weighted by molar-refractivity contribution is 7.89. The lowest BCUT2D eigenvalue weighted by Gasteiger charge is -2.22. The molecule has 0 bridgehead atoms. The lowest BCUT2D eigenvalue weighted by Crippen LogP contribution is -2.34.